The Labute approximate surface area is 131 Å². The first-order valence-electron chi connectivity index (χ1n) is 7.43. The average molecular weight is 329 g/mol. The maximum absolute atomic E-state index is 12.2. The van der Waals surface area contributed by atoms with Crippen molar-refractivity contribution in [1.29, 1.82) is 0 Å². The summed E-state index contributed by atoms with van der Waals surface area (Å²) in [5, 5.41) is 4.47. The van der Waals surface area contributed by atoms with Gasteiger partial charge >= 0.3 is 0 Å². The van der Waals surface area contributed by atoms with Gasteiger partial charge in [0.1, 0.15) is 5.75 Å². The Bertz CT molecular complexity index is 639. The molecule has 124 valence electrons. The molecule has 0 saturated heterocycles. The number of nitrogens with zero attached hydrogens (tertiary/aromatic N) is 3. The van der Waals surface area contributed by atoms with Crippen LogP contribution in [-0.2, 0) is 32.5 Å². The van der Waals surface area contributed by atoms with Crippen LogP contribution < -0.4 is 0 Å². The first kappa shape index (κ1) is 17.0. The standard InChI is InChI=1S/C14H23N3O4S/c1-4-17-7-12-11(9-21-5-2)6-16(8-13(12)15-17)14(18)10-22(3,19)20/h7,11H,4-6,8-10H2,1-3H3/t11-/m1/s1. The number of sulfone groups is 1. The van der Waals surface area contributed by atoms with E-state index in [-0.39, 0.29) is 11.8 Å². The summed E-state index contributed by atoms with van der Waals surface area (Å²) in [6, 6.07) is 0. The molecule has 8 heteroatoms. The molecule has 0 aromatic carbocycles. The third kappa shape index (κ3) is 4.07. The van der Waals surface area contributed by atoms with Crippen LogP contribution in [0.2, 0.25) is 0 Å². The Balaban J connectivity index is 2.21. The van der Waals surface area contributed by atoms with Crippen molar-refractivity contribution < 1.29 is 17.9 Å². The molecule has 0 unspecified atom stereocenters. The molecule has 1 amide bonds. The van der Waals surface area contributed by atoms with E-state index in [0.29, 0.717) is 26.3 Å². The smallest absolute Gasteiger partial charge is 0.238 e. The molecule has 2 heterocycles. The van der Waals surface area contributed by atoms with Gasteiger partial charge < -0.3 is 9.64 Å². The summed E-state index contributed by atoms with van der Waals surface area (Å²) < 4.78 is 30.0. The summed E-state index contributed by atoms with van der Waals surface area (Å²) in [7, 11) is -3.33. The van der Waals surface area contributed by atoms with Crippen LogP contribution in [0, 0.1) is 0 Å². The largest absolute Gasteiger partial charge is 0.381 e. The lowest BCUT2D eigenvalue weighted by Gasteiger charge is -2.31. The fourth-order valence-electron chi connectivity index (χ4n) is 2.62. The van der Waals surface area contributed by atoms with Gasteiger partial charge in [0.2, 0.25) is 5.91 Å². The summed E-state index contributed by atoms with van der Waals surface area (Å²) in [4.78, 5) is 13.8. The predicted octanol–water partition coefficient (Wildman–Crippen LogP) is 0.410. The van der Waals surface area contributed by atoms with E-state index in [2.05, 4.69) is 5.10 Å². The third-order valence-corrected chi connectivity index (χ3v) is 4.45. The molecule has 1 aliphatic rings. The van der Waals surface area contributed by atoms with Gasteiger partial charge in [-0.25, -0.2) is 8.42 Å². The van der Waals surface area contributed by atoms with Crippen LogP contribution in [-0.4, -0.2) is 60.8 Å². The van der Waals surface area contributed by atoms with Gasteiger partial charge in [-0.05, 0) is 13.8 Å². The monoisotopic (exact) mass is 329 g/mol. The number of amides is 1. The minimum atomic E-state index is -3.33. The molecule has 1 aromatic rings. The second-order valence-electron chi connectivity index (χ2n) is 5.59. The third-order valence-electron chi connectivity index (χ3n) is 3.68. The van der Waals surface area contributed by atoms with Crippen molar-refractivity contribution in [2.45, 2.75) is 32.9 Å². The molecule has 0 saturated carbocycles. The lowest BCUT2D eigenvalue weighted by atomic mass is 9.95. The topological polar surface area (TPSA) is 81.5 Å². The molecule has 0 radical (unpaired) electrons. The van der Waals surface area contributed by atoms with Crippen LogP contribution in [0.25, 0.3) is 0 Å². The van der Waals surface area contributed by atoms with Crippen LogP contribution in [0.5, 0.6) is 0 Å². The predicted molar refractivity (Wildman–Crippen MR) is 82.3 cm³/mol. The number of rotatable bonds is 6. The van der Waals surface area contributed by atoms with E-state index in [1.54, 1.807) is 4.90 Å². The van der Waals surface area contributed by atoms with Gasteiger partial charge in [-0.3, -0.25) is 9.48 Å². The SMILES string of the molecule is CCOC[C@H]1CN(C(=O)CS(C)(=O)=O)Cc2nn(CC)cc21. The number of fused-ring (bicyclic) bond motifs is 1. The molecule has 0 bridgehead atoms. The number of hydrogen-bond donors (Lipinski definition) is 0. The fourth-order valence-corrected chi connectivity index (χ4v) is 3.25. The summed E-state index contributed by atoms with van der Waals surface area (Å²) in [6.45, 7) is 6.61. The quantitative estimate of drug-likeness (QED) is 0.755. The number of aryl methyl sites for hydroxylation is 1. The summed E-state index contributed by atoms with van der Waals surface area (Å²) >= 11 is 0. The van der Waals surface area contributed by atoms with Gasteiger partial charge in [0.15, 0.2) is 9.84 Å². The minimum absolute atomic E-state index is 0.0347. The highest BCUT2D eigenvalue weighted by Gasteiger charge is 2.31. The molecule has 1 atom stereocenters. The van der Waals surface area contributed by atoms with Crippen LogP contribution in [0.1, 0.15) is 31.0 Å². The van der Waals surface area contributed by atoms with E-state index in [1.165, 1.54) is 0 Å². The van der Waals surface area contributed by atoms with Crippen molar-refractivity contribution in [3.63, 3.8) is 0 Å². The molecular weight excluding hydrogens is 306 g/mol. The van der Waals surface area contributed by atoms with Gasteiger partial charge in [-0.15, -0.1) is 0 Å². The number of ether oxygens (including phenoxy) is 1. The minimum Gasteiger partial charge on any atom is -0.381 e. The van der Waals surface area contributed by atoms with Crippen molar-refractivity contribution in [1.82, 2.24) is 14.7 Å². The molecule has 1 aromatic heterocycles. The summed E-state index contributed by atoms with van der Waals surface area (Å²) in [6.07, 6.45) is 3.07. The van der Waals surface area contributed by atoms with E-state index >= 15 is 0 Å². The van der Waals surface area contributed by atoms with Crippen molar-refractivity contribution in [3.05, 3.63) is 17.5 Å². The molecule has 0 spiro atoms. The number of carbonyl (C=O) groups is 1. The Morgan fingerprint density at radius 1 is 1.45 bits per heavy atom. The highest BCUT2D eigenvalue weighted by atomic mass is 32.2. The van der Waals surface area contributed by atoms with Gasteiger partial charge in [-0.1, -0.05) is 0 Å². The molecule has 1 aliphatic heterocycles. The van der Waals surface area contributed by atoms with Crippen LogP contribution in [0.15, 0.2) is 6.20 Å². The number of carbonyl (C=O) groups excluding carboxylic acids is 1. The van der Waals surface area contributed by atoms with E-state index in [4.69, 9.17) is 4.74 Å². The van der Waals surface area contributed by atoms with Crippen LogP contribution in [0.3, 0.4) is 0 Å². The summed E-state index contributed by atoms with van der Waals surface area (Å²) in [5.41, 5.74) is 1.93. The Morgan fingerprint density at radius 2 is 2.18 bits per heavy atom. The zero-order valence-electron chi connectivity index (χ0n) is 13.3. The molecule has 0 aliphatic carbocycles. The maximum atomic E-state index is 12.2. The molecule has 0 fully saturated rings. The second-order valence-corrected chi connectivity index (χ2v) is 7.73. The molecule has 22 heavy (non-hydrogen) atoms. The van der Waals surface area contributed by atoms with Gasteiger partial charge in [0.25, 0.3) is 0 Å². The Hall–Kier alpha value is -1.41. The first-order valence-corrected chi connectivity index (χ1v) is 9.49. The Morgan fingerprint density at radius 3 is 2.77 bits per heavy atom. The van der Waals surface area contributed by atoms with E-state index in [0.717, 1.165) is 24.1 Å². The lowest BCUT2D eigenvalue weighted by molar-refractivity contribution is -0.130. The highest BCUT2D eigenvalue weighted by molar-refractivity contribution is 7.91. The van der Waals surface area contributed by atoms with Crippen molar-refractivity contribution in [3.8, 4) is 0 Å². The summed E-state index contributed by atoms with van der Waals surface area (Å²) in [5.74, 6) is -0.800. The van der Waals surface area contributed by atoms with E-state index in [9.17, 15) is 13.2 Å². The van der Waals surface area contributed by atoms with Crippen molar-refractivity contribution >= 4 is 15.7 Å². The van der Waals surface area contributed by atoms with Gasteiger partial charge in [-0.2, -0.15) is 5.10 Å². The molecular formula is C14H23N3O4S. The zero-order valence-corrected chi connectivity index (χ0v) is 14.1. The fraction of sp³-hybridized carbons (Fsp3) is 0.714. The van der Waals surface area contributed by atoms with E-state index in [1.807, 2.05) is 24.7 Å². The van der Waals surface area contributed by atoms with Crippen LogP contribution in [0.4, 0.5) is 0 Å². The van der Waals surface area contributed by atoms with E-state index < -0.39 is 15.6 Å². The first-order chi connectivity index (χ1) is 10.3. The van der Waals surface area contributed by atoms with Crippen molar-refractivity contribution in [2.75, 3.05) is 31.8 Å². The number of hydrogen-bond acceptors (Lipinski definition) is 5. The highest BCUT2D eigenvalue weighted by Crippen LogP contribution is 2.28. The average Bonchev–Trinajstić information content (AvgIpc) is 2.85. The normalized spacial score (nSPS) is 18.3. The van der Waals surface area contributed by atoms with Crippen molar-refractivity contribution in [2.24, 2.45) is 0 Å². The van der Waals surface area contributed by atoms with Crippen LogP contribution >= 0.6 is 0 Å². The number of aromatic nitrogens is 2. The molecule has 2 rings (SSSR count). The molecule has 7 nitrogen and oxygen atoms in total. The molecule has 0 N–H and O–H groups in total. The van der Waals surface area contributed by atoms with Gasteiger partial charge in [0, 0.05) is 43.6 Å². The Kier molecular flexibility index (Phi) is 5.23. The van der Waals surface area contributed by atoms with Gasteiger partial charge in [0.05, 0.1) is 18.8 Å². The zero-order chi connectivity index (χ0) is 16.3. The maximum Gasteiger partial charge on any atom is 0.238 e. The second kappa shape index (κ2) is 6.78. The lowest BCUT2D eigenvalue weighted by Crippen LogP contribution is -2.42.